The zero-order valence-corrected chi connectivity index (χ0v) is 13.7. The normalized spacial score (nSPS) is 13.1. The fourth-order valence-corrected chi connectivity index (χ4v) is 2.40. The number of nitrogens with one attached hydrogen (secondary N) is 1. The summed E-state index contributed by atoms with van der Waals surface area (Å²) >= 11 is 0. The van der Waals surface area contributed by atoms with E-state index in [-0.39, 0.29) is 17.0 Å². The standard InChI is InChI=1S/C17H19F3N2O2/c1-4-10(3)21-16(24)13-9-22(5-2)14-7-6-11(17(18,19)20)8-12(14)15(13)23/h6-10H,4-5H2,1-3H3,(H,21,24). The third-order valence-corrected chi connectivity index (χ3v) is 3.98. The summed E-state index contributed by atoms with van der Waals surface area (Å²) in [5.74, 6) is -0.573. The van der Waals surface area contributed by atoms with E-state index in [1.165, 1.54) is 12.3 Å². The minimum Gasteiger partial charge on any atom is -0.349 e. The second-order valence-electron chi connectivity index (χ2n) is 5.67. The number of halogens is 3. The van der Waals surface area contributed by atoms with Crippen molar-refractivity contribution < 1.29 is 18.0 Å². The molecule has 0 radical (unpaired) electrons. The fraction of sp³-hybridized carbons (Fsp3) is 0.412. The number of aromatic nitrogens is 1. The number of benzene rings is 1. The molecule has 130 valence electrons. The van der Waals surface area contributed by atoms with Crippen LogP contribution in [0.4, 0.5) is 13.2 Å². The number of hydrogen-bond donors (Lipinski definition) is 1. The lowest BCUT2D eigenvalue weighted by atomic mass is 10.1. The van der Waals surface area contributed by atoms with Crippen LogP contribution in [0.1, 0.15) is 43.1 Å². The van der Waals surface area contributed by atoms with E-state index >= 15 is 0 Å². The van der Waals surface area contributed by atoms with Gasteiger partial charge in [0.05, 0.1) is 11.1 Å². The predicted molar refractivity (Wildman–Crippen MR) is 86.1 cm³/mol. The lowest BCUT2D eigenvalue weighted by Gasteiger charge is -2.15. The molecule has 0 saturated carbocycles. The molecule has 0 aliphatic rings. The first-order chi connectivity index (χ1) is 11.2. The number of aryl methyl sites for hydroxylation is 1. The maximum Gasteiger partial charge on any atom is 0.416 e. The number of carbonyl (C=O) groups is 1. The summed E-state index contributed by atoms with van der Waals surface area (Å²) in [6.45, 7) is 5.88. The van der Waals surface area contributed by atoms with E-state index in [1.54, 1.807) is 18.4 Å². The van der Waals surface area contributed by atoms with E-state index < -0.39 is 23.1 Å². The number of hydrogen-bond acceptors (Lipinski definition) is 2. The van der Waals surface area contributed by atoms with Crippen LogP contribution in [-0.2, 0) is 12.7 Å². The number of amides is 1. The van der Waals surface area contributed by atoms with Crippen LogP contribution in [-0.4, -0.2) is 16.5 Å². The largest absolute Gasteiger partial charge is 0.416 e. The highest BCUT2D eigenvalue weighted by Crippen LogP contribution is 2.30. The Kier molecular flexibility index (Phi) is 5.01. The molecule has 2 aromatic rings. The van der Waals surface area contributed by atoms with Crippen molar-refractivity contribution in [3.63, 3.8) is 0 Å². The molecule has 1 aromatic heterocycles. The lowest BCUT2D eigenvalue weighted by molar-refractivity contribution is -0.137. The van der Waals surface area contributed by atoms with Crippen molar-refractivity contribution >= 4 is 16.8 Å². The molecule has 1 aromatic carbocycles. The Morgan fingerprint density at radius 3 is 2.50 bits per heavy atom. The van der Waals surface area contributed by atoms with Crippen molar-refractivity contribution in [3.8, 4) is 0 Å². The molecule has 1 amide bonds. The molecule has 4 nitrogen and oxygen atoms in total. The van der Waals surface area contributed by atoms with Crippen LogP contribution in [0, 0.1) is 0 Å². The van der Waals surface area contributed by atoms with Crippen molar-refractivity contribution in [2.45, 2.75) is 46.0 Å². The molecule has 1 atom stereocenters. The zero-order valence-electron chi connectivity index (χ0n) is 13.7. The molecule has 2 rings (SSSR count). The van der Waals surface area contributed by atoms with Gasteiger partial charge in [0.1, 0.15) is 5.56 Å². The molecule has 7 heteroatoms. The molecule has 1 heterocycles. The topological polar surface area (TPSA) is 51.1 Å². The van der Waals surface area contributed by atoms with Crippen LogP contribution in [0.2, 0.25) is 0 Å². The van der Waals surface area contributed by atoms with Crippen molar-refractivity contribution in [2.24, 2.45) is 0 Å². The SMILES string of the molecule is CCC(C)NC(=O)c1cn(CC)c2ccc(C(F)(F)F)cc2c1=O. The van der Waals surface area contributed by atoms with Gasteiger partial charge in [0.2, 0.25) is 5.43 Å². The van der Waals surface area contributed by atoms with E-state index in [2.05, 4.69) is 5.32 Å². The van der Waals surface area contributed by atoms with Crippen LogP contribution in [0.3, 0.4) is 0 Å². The second-order valence-corrected chi connectivity index (χ2v) is 5.67. The molecule has 0 aliphatic carbocycles. The van der Waals surface area contributed by atoms with Gasteiger partial charge in [-0.3, -0.25) is 9.59 Å². The van der Waals surface area contributed by atoms with Gasteiger partial charge in [-0.1, -0.05) is 6.92 Å². The molecule has 0 spiro atoms. The molecule has 24 heavy (non-hydrogen) atoms. The summed E-state index contributed by atoms with van der Waals surface area (Å²) in [7, 11) is 0. The average molecular weight is 340 g/mol. The molecular weight excluding hydrogens is 321 g/mol. The van der Waals surface area contributed by atoms with E-state index in [0.29, 0.717) is 18.5 Å². The summed E-state index contributed by atoms with van der Waals surface area (Å²) in [5.41, 5.74) is -1.38. The van der Waals surface area contributed by atoms with E-state index in [9.17, 15) is 22.8 Å². The molecule has 0 aliphatic heterocycles. The van der Waals surface area contributed by atoms with Crippen LogP contribution in [0.25, 0.3) is 10.9 Å². The minimum atomic E-state index is -4.55. The number of pyridine rings is 1. The summed E-state index contributed by atoms with van der Waals surface area (Å²) in [6.07, 6.45) is -2.47. The maximum atomic E-state index is 12.9. The highest BCUT2D eigenvalue weighted by atomic mass is 19.4. The smallest absolute Gasteiger partial charge is 0.349 e. The predicted octanol–water partition coefficient (Wildman–Crippen LogP) is 3.57. The average Bonchev–Trinajstić information content (AvgIpc) is 2.53. The monoisotopic (exact) mass is 340 g/mol. The summed E-state index contributed by atoms with van der Waals surface area (Å²) in [5, 5.41) is 2.57. The number of alkyl halides is 3. The van der Waals surface area contributed by atoms with Gasteiger partial charge in [-0.2, -0.15) is 13.2 Å². The molecule has 1 N–H and O–H groups in total. The Balaban J connectivity index is 2.68. The van der Waals surface area contributed by atoms with Gasteiger partial charge in [-0.25, -0.2) is 0 Å². The second kappa shape index (κ2) is 6.67. The first-order valence-electron chi connectivity index (χ1n) is 7.74. The summed E-state index contributed by atoms with van der Waals surface area (Å²) in [4.78, 5) is 24.8. The van der Waals surface area contributed by atoms with Crippen molar-refractivity contribution in [1.29, 1.82) is 0 Å². The lowest BCUT2D eigenvalue weighted by Crippen LogP contribution is -2.35. The van der Waals surface area contributed by atoms with Gasteiger partial charge in [-0.05, 0) is 38.5 Å². The van der Waals surface area contributed by atoms with Crippen LogP contribution >= 0.6 is 0 Å². The van der Waals surface area contributed by atoms with Gasteiger partial charge >= 0.3 is 6.18 Å². The van der Waals surface area contributed by atoms with Gasteiger partial charge in [0.15, 0.2) is 0 Å². The van der Waals surface area contributed by atoms with E-state index in [1.807, 2.05) is 6.92 Å². The van der Waals surface area contributed by atoms with Crippen LogP contribution < -0.4 is 10.7 Å². The third-order valence-electron chi connectivity index (χ3n) is 3.98. The minimum absolute atomic E-state index is 0.108. The quantitative estimate of drug-likeness (QED) is 0.925. The van der Waals surface area contributed by atoms with Crippen molar-refractivity contribution in [3.05, 3.63) is 45.7 Å². The Hall–Kier alpha value is -2.31. The molecule has 1 unspecified atom stereocenters. The zero-order chi connectivity index (χ0) is 18.1. The molecule has 0 bridgehead atoms. The first kappa shape index (κ1) is 18.0. The van der Waals surface area contributed by atoms with Crippen molar-refractivity contribution in [1.82, 2.24) is 9.88 Å². The van der Waals surface area contributed by atoms with Gasteiger partial charge in [0.25, 0.3) is 5.91 Å². The van der Waals surface area contributed by atoms with Crippen LogP contribution in [0.15, 0.2) is 29.2 Å². The van der Waals surface area contributed by atoms with Crippen LogP contribution in [0.5, 0.6) is 0 Å². The highest BCUT2D eigenvalue weighted by molar-refractivity contribution is 5.97. The summed E-state index contributed by atoms with van der Waals surface area (Å²) < 4.78 is 40.4. The van der Waals surface area contributed by atoms with Gasteiger partial charge in [-0.15, -0.1) is 0 Å². The fourth-order valence-electron chi connectivity index (χ4n) is 2.40. The van der Waals surface area contributed by atoms with E-state index in [0.717, 1.165) is 12.1 Å². The Labute approximate surface area is 137 Å². The third kappa shape index (κ3) is 3.44. The van der Waals surface area contributed by atoms with E-state index in [4.69, 9.17) is 0 Å². The number of carbonyl (C=O) groups excluding carboxylic acids is 1. The van der Waals surface area contributed by atoms with Gasteiger partial charge in [0, 0.05) is 24.2 Å². The maximum absolute atomic E-state index is 12.9. The Morgan fingerprint density at radius 2 is 1.96 bits per heavy atom. The van der Waals surface area contributed by atoms with Crippen molar-refractivity contribution in [2.75, 3.05) is 0 Å². The van der Waals surface area contributed by atoms with Gasteiger partial charge < -0.3 is 9.88 Å². The molecule has 0 saturated heterocycles. The Morgan fingerprint density at radius 1 is 1.29 bits per heavy atom. The molecular formula is C17H19F3N2O2. The Bertz CT molecular complexity index is 825. The number of rotatable bonds is 4. The number of nitrogens with zero attached hydrogens (tertiary/aromatic N) is 1. The first-order valence-corrected chi connectivity index (χ1v) is 7.74. The number of fused-ring (bicyclic) bond motifs is 1. The highest BCUT2D eigenvalue weighted by Gasteiger charge is 2.31. The molecule has 0 fully saturated rings. The summed E-state index contributed by atoms with van der Waals surface area (Å²) in [6, 6.07) is 2.88.